The van der Waals surface area contributed by atoms with Crippen LogP contribution in [0.1, 0.15) is 44.3 Å². The molecule has 1 saturated carbocycles. The molecule has 3 unspecified atom stereocenters. The number of ether oxygens (including phenoxy) is 1. The second-order valence-electron chi connectivity index (χ2n) is 6.22. The molecule has 19 heavy (non-hydrogen) atoms. The highest BCUT2D eigenvalue weighted by atomic mass is 79.9. The normalized spacial score (nSPS) is 35.5. The summed E-state index contributed by atoms with van der Waals surface area (Å²) in [6, 6.07) is 8.45. The Balaban J connectivity index is 1.66. The van der Waals surface area contributed by atoms with E-state index in [0.717, 1.165) is 23.5 Å². The number of benzene rings is 1. The maximum atomic E-state index is 6.18. The van der Waals surface area contributed by atoms with Gasteiger partial charge in [-0.15, -0.1) is 0 Å². The van der Waals surface area contributed by atoms with Crippen LogP contribution in [-0.2, 0) is 4.74 Å². The van der Waals surface area contributed by atoms with Gasteiger partial charge in [-0.1, -0.05) is 47.8 Å². The summed E-state index contributed by atoms with van der Waals surface area (Å²) in [4.78, 5) is 0. The molecule has 3 heteroatoms. The van der Waals surface area contributed by atoms with Crippen molar-refractivity contribution in [1.82, 2.24) is 5.32 Å². The maximum absolute atomic E-state index is 6.18. The molecule has 1 aliphatic carbocycles. The molecule has 0 amide bonds. The molecule has 2 aliphatic rings. The van der Waals surface area contributed by atoms with Crippen molar-refractivity contribution in [2.75, 3.05) is 13.2 Å². The van der Waals surface area contributed by atoms with E-state index in [4.69, 9.17) is 4.74 Å². The average Bonchev–Trinajstić information content (AvgIpc) is 2.39. The zero-order valence-corrected chi connectivity index (χ0v) is 13.1. The maximum Gasteiger partial charge on any atom is 0.0950 e. The molecule has 104 valence electrons. The summed E-state index contributed by atoms with van der Waals surface area (Å²) in [6.07, 6.45) is 5.43. The number of halogens is 1. The second-order valence-corrected chi connectivity index (χ2v) is 7.13. The van der Waals surface area contributed by atoms with E-state index in [1.165, 1.54) is 31.2 Å². The van der Waals surface area contributed by atoms with Crippen LogP contribution in [-0.4, -0.2) is 18.7 Å². The molecule has 2 fully saturated rings. The molecule has 0 radical (unpaired) electrons. The highest BCUT2D eigenvalue weighted by molar-refractivity contribution is 9.10. The fraction of sp³-hybridized carbons (Fsp3) is 0.625. The lowest BCUT2D eigenvalue weighted by Gasteiger charge is -2.45. The molecule has 1 heterocycles. The van der Waals surface area contributed by atoms with Crippen LogP contribution in [0.4, 0.5) is 0 Å². The lowest BCUT2D eigenvalue weighted by Crippen LogP contribution is -2.56. The third kappa shape index (κ3) is 3.04. The fourth-order valence-corrected chi connectivity index (χ4v) is 3.97. The molecule has 0 bridgehead atoms. The Morgan fingerprint density at radius 2 is 2.32 bits per heavy atom. The quantitative estimate of drug-likeness (QED) is 0.841. The van der Waals surface area contributed by atoms with E-state index in [9.17, 15) is 0 Å². The first-order valence-electron chi connectivity index (χ1n) is 7.29. The standard InChI is InChI=1S/C16H22BrNO/c1-12-4-3-7-16(9-12)11-19-15(10-18-16)13-5-2-6-14(17)8-13/h2,5-6,8,12,15,18H,3-4,7,9-11H2,1H3. The Kier molecular flexibility index (Phi) is 3.97. The summed E-state index contributed by atoms with van der Waals surface area (Å²) in [5, 5.41) is 3.79. The van der Waals surface area contributed by atoms with E-state index < -0.39 is 0 Å². The van der Waals surface area contributed by atoms with Crippen LogP contribution < -0.4 is 5.32 Å². The molecule has 1 aromatic rings. The van der Waals surface area contributed by atoms with Crippen molar-refractivity contribution in [3.63, 3.8) is 0 Å². The van der Waals surface area contributed by atoms with Crippen LogP contribution >= 0.6 is 15.9 Å². The van der Waals surface area contributed by atoms with Crippen molar-refractivity contribution in [2.24, 2.45) is 5.92 Å². The van der Waals surface area contributed by atoms with Crippen molar-refractivity contribution in [3.8, 4) is 0 Å². The lowest BCUT2D eigenvalue weighted by molar-refractivity contribution is -0.0527. The smallest absolute Gasteiger partial charge is 0.0950 e. The van der Waals surface area contributed by atoms with Crippen LogP contribution in [0.15, 0.2) is 28.7 Å². The zero-order valence-electron chi connectivity index (χ0n) is 11.5. The van der Waals surface area contributed by atoms with Gasteiger partial charge in [-0.05, 0) is 36.5 Å². The summed E-state index contributed by atoms with van der Waals surface area (Å²) in [5.74, 6) is 0.826. The SMILES string of the molecule is CC1CCCC2(COC(c3cccc(Br)c3)CN2)C1. The topological polar surface area (TPSA) is 21.3 Å². The molecule has 0 aromatic heterocycles. The molecule has 3 rings (SSSR count). The Bertz CT molecular complexity index is 440. The minimum atomic E-state index is 0.195. The Hall–Kier alpha value is -0.380. The molecule has 1 aromatic carbocycles. The van der Waals surface area contributed by atoms with Crippen molar-refractivity contribution in [2.45, 2.75) is 44.2 Å². The largest absolute Gasteiger partial charge is 0.370 e. The van der Waals surface area contributed by atoms with Gasteiger partial charge >= 0.3 is 0 Å². The molecule has 3 atom stereocenters. The molecule has 1 saturated heterocycles. The van der Waals surface area contributed by atoms with Crippen LogP contribution in [0, 0.1) is 5.92 Å². The Morgan fingerprint density at radius 3 is 3.00 bits per heavy atom. The zero-order chi connectivity index (χ0) is 13.3. The number of hydrogen-bond acceptors (Lipinski definition) is 2. The van der Waals surface area contributed by atoms with Gasteiger partial charge < -0.3 is 10.1 Å². The van der Waals surface area contributed by atoms with Gasteiger partial charge in [0.05, 0.1) is 12.7 Å². The second kappa shape index (κ2) is 5.55. The predicted molar refractivity (Wildman–Crippen MR) is 81.2 cm³/mol. The van der Waals surface area contributed by atoms with Gasteiger partial charge in [0, 0.05) is 16.6 Å². The Morgan fingerprint density at radius 1 is 1.42 bits per heavy atom. The van der Waals surface area contributed by atoms with Gasteiger partial charge in [-0.2, -0.15) is 0 Å². The summed E-state index contributed by atoms with van der Waals surface area (Å²) in [7, 11) is 0. The van der Waals surface area contributed by atoms with Gasteiger partial charge in [0.25, 0.3) is 0 Å². The van der Waals surface area contributed by atoms with Gasteiger partial charge in [-0.3, -0.25) is 0 Å². The molecule has 1 spiro atoms. The number of rotatable bonds is 1. The van der Waals surface area contributed by atoms with Gasteiger partial charge in [-0.25, -0.2) is 0 Å². The number of nitrogens with one attached hydrogen (secondary N) is 1. The third-order valence-corrected chi connectivity index (χ3v) is 5.03. The first-order valence-corrected chi connectivity index (χ1v) is 8.08. The van der Waals surface area contributed by atoms with E-state index in [0.29, 0.717) is 0 Å². The average molecular weight is 324 g/mol. The minimum Gasteiger partial charge on any atom is -0.370 e. The first kappa shape index (κ1) is 13.6. The van der Waals surface area contributed by atoms with E-state index in [-0.39, 0.29) is 11.6 Å². The molecule has 1 N–H and O–H groups in total. The molecular formula is C16H22BrNO. The van der Waals surface area contributed by atoms with Gasteiger partial charge in [0.15, 0.2) is 0 Å². The van der Waals surface area contributed by atoms with Crippen LogP contribution in [0.3, 0.4) is 0 Å². The van der Waals surface area contributed by atoms with E-state index in [2.05, 4.69) is 52.4 Å². The van der Waals surface area contributed by atoms with Crippen LogP contribution in [0.5, 0.6) is 0 Å². The minimum absolute atomic E-state index is 0.195. The summed E-state index contributed by atoms with van der Waals surface area (Å²) < 4.78 is 7.30. The molecule has 1 aliphatic heterocycles. The number of morpholine rings is 1. The molecular weight excluding hydrogens is 302 g/mol. The van der Waals surface area contributed by atoms with E-state index >= 15 is 0 Å². The summed E-state index contributed by atoms with van der Waals surface area (Å²) in [6.45, 7) is 4.15. The number of hydrogen-bond donors (Lipinski definition) is 1. The molecule has 2 nitrogen and oxygen atoms in total. The third-order valence-electron chi connectivity index (χ3n) is 4.54. The summed E-state index contributed by atoms with van der Waals surface area (Å²) >= 11 is 3.53. The first-order chi connectivity index (χ1) is 9.17. The van der Waals surface area contributed by atoms with Crippen molar-refractivity contribution < 1.29 is 4.74 Å². The summed E-state index contributed by atoms with van der Waals surface area (Å²) in [5.41, 5.74) is 1.51. The Labute approximate surface area is 124 Å². The fourth-order valence-electron chi connectivity index (χ4n) is 3.55. The van der Waals surface area contributed by atoms with E-state index in [1.807, 2.05) is 0 Å². The van der Waals surface area contributed by atoms with Gasteiger partial charge in [0.2, 0.25) is 0 Å². The monoisotopic (exact) mass is 323 g/mol. The van der Waals surface area contributed by atoms with Crippen LogP contribution in [0.2, 0.25) is 0 Å². The highest BCUT2D eigenvalue weighted by Gasteiger charge is 2.39. The highest BCUT2D eigenvalue weighted by Crippen LogP contribution is 2.36. The van der Waals surface area contributed by atoms with E-state index in [1.54, 1.807) is 0 Å². The van der Waals surface area contributed by atoms with Crippen molar-refractivity contribution >= 4 is 15.9 Å². The predicted octanol–water partition coefficient (Wildman–Crippen LogP) is 4.06. The van der Waals surface area contributed by atoms with Crippen molar-refractivity contribution in [1.29, 1.82) is 0 Å². The van der Waals surface area contributed by atoms with Gasteiger partial charge in [0.1, 0.15) is 0 Å². The van der Waals surface area contributed by atoms with Crippen molar-refractivity contribution in [3.05, 3.63) is 34.3 Å². The van der Waals surface area contributed by atoms with Crippen LogP contribution in [0.25, 0.3) is 0 Å². The lowest BCUT2D eigenvalue weighted by atomic mass is 9.76.